The van der Waals surface area contributed by atoms with Gasteiger partial charge in [0, 0.05) is 5.56 Å². The Labute approximate surface area is 72.6 Å². The van der Waals surface area contributed by atoms with Crippen LogP contribution in [0.4, 0.5) is 0 Å². The summed E-state index contributed by atoms with van der Waals surface area (Å²) in [4.78, 5) is 0. The highest BCUT2D eigenvalue weighted by Crippen LogP contribution is 1.93. The summed E-state index contributed by atoms with van der Waals surface area (Å²) >= 11 is 0. The fourth-order valence-electron chi connectivity index (χ4n) is 0.687. The van der Waals surface area contributed by atoms with E-state index in [1.54, 1.807) is 0 Å². The van der Waals surface area contributed by atoms with Gasteiger partial charge in [0.1, 0.15) is 0 Å². The molecule has 0 fully saturated rings. The van der Waals surface area contributed by atoms with Gasteiger partial charge in [-0.2, -0.15) is 0 Å². The lowest BCUT2D eigenvalue weighted by Gasteiger charge is -1.83. The first-order valence-corrected chi connectivity index (χ1v) is 3.41. The molecule has 0 bridgehead atoms. The third-order valence-corrected chi connectivity index (χ3v) is 1.17. The molecule has 0 aromatic heterocycles. The highest BCUT2D eigenvalue weighted by molar-refractivity contribution is 5.41. The molecule has 0 aliphatic heterocycles. The molecule has 0 unspecified atom stereocenters. The maximum absolute atomic E-state index is 6.49. The fraction of sp³-hybridized carbons (Fsp3) is 0. The molecule has 0 aliphatic rings. The van der Waals surface area contributed by atoms with Gasteiger partial charge in [0.15, 0.2) is 0 Å². The van der Waals surface area contributed by atoms with Crippen LogP contribution >= 0.6 is 0 Å². The molecular formula is C12H5-. The van der Waals surface area contributed by atoms with E-state index in [9.17, 15) is 0 Å². The Bertz CT molecular complexity index is 397. The van der Waals surface area contributed by atoms with Crippen molar-refractivity contribution in [1.82, 2.24) is 0 Å². The van der Waals surface area contributed by atoms with Crippen molar-refractivity contribution in [2.24, 2.45) is 0 Å². The number of benzene rings is 1. The van der Waals surface area contributed by atoms with Crippen LogP contribution in [0, 0.1) is 36.0 Å². The van der Waals surface area contributed by atoms with Crippen molar-refractivity contribution in [1.29, 1.82) is 0 Å². The van der Waals surface area contributed by atoms with E-state index in [0.29, 0.717) is 0 Å². The molecule has 0 saturated heterocycles. The SMILES string of the molecule is [C-]#CC#CC#Cc1ccccc1. The average Bonchev–Trinajstić information content (AvgIpc) is 2.14. The van der Waals surface area contributed by atoms with Gasteiger partial charge in [0.05, 0.1) is 0 Å². The van der Waals surface area contributed by atoms with Crippen molar-refractivity contribution in [3.8, 4) is 29.6 Å². The van der Waals surface area contributed by atoms with Crippen LogP contribution in [-0.4, -0.2) is 0 Å². The van der Waals surface area contributed by atoms with Crippen LogP contribution in [0.3, 0.4) is 0 Å². The smallest absolute Gasteiger partial charge is 0.0254 e. The molecule has 0 radical (unpaired) electrons. The normalized spacial score (nSPS) is 6.58. The van der Waals surface area contributed by atoms with Gasteiger partial charge in [-0.15, -0.1) is 5.92 Å². The first kappa shape index (κ1) is 8.00. The molecule has 0 heteroatoms. The predicted octanol–water partition coefficient (Wildman–Crippen LogP) is 1.63. The summed E-state index contributed by atoms with van der Waals surface area (Å²) < 4.78 is 0. The zero-order valence-electron chi connectivity index (χ0n) is 6.39. The zero-order chi connectivity index (χ0) is 8.65. The summed E-state index contributed by atoms with van der Waals surface area (Å²) in [6, 6.07) is 9.58. The molecule has 0 nitrogen and oxygen atoms in total. The zero-order valence-corrected chi connectivity index (χ0v) is 6.39. The average molecular weight is 149 g/mol. The first-order chi connectivity index (χ1) is 5.93. The minimum Gasteiger partial charge on any atom is -0.358 e. The Kier molecular flexibility index (Phi) is 3.12. The van der Waals surface area contributed by atoms with Crippen LogP contribution in [0.15, 0.2) is 30.3 Å². The highest BCUT2D eigenvalue weighted by atomic mass is 13.8. The van der Waals surface area contributed by atoms with Gasteiger partial charge in [-0.05, 0) is 18.1 Å². The molecule has 0 atom stereocenters. The molecular weight excluding hydrogens is 144 g/mol. The summed E-state index contributed by atoms with van der Waals surface area (Å²) in [5.41, 5.74) is 0.928. The fourth-order valence-corrected chi connectivity index (χ4v) is 0.687. The minimum atomic E-state index is 0.928. The largest absolute Gasteiger partial charge is 0.358 e. The maximum Gasteiger partial charge on any atom is 0.0254 e. The topological polar surface area (TPSA) is 0 Å². The monoisotopic (exact) mass is 149 g/mol. The molecule has 0 amide bonds. The lowest BCUT2D eigenvalue weighted by atomic mass is 10.2. The van der Waals surface area contributed by atoms with Crippen molar-refractivity contribution in [2.75, 3.05) is 0 Å². The Hall–Kier alpha value is -2.10. The first-order valence-electron chi connectivity index (χ1n) is 3.41. The standard InChI is InChI=1S/C12H5/c1-2-3-4-6-9-12-10-7-5-8-11-12/h5,7-8,10-11H/q-1. The molecule has 0 saturated carbocycles. The van der Waals surface area contributed by atoms with E-state index in [1.165, 1.54) is 0 Å². The van der Waals surface area contributed by atoms with Gasteiger partial charge >= 0.3 is 0 Å². The van der Waals surface area contributed by atoms with Crippen molar-refractivity contribution in [3.63, 3.8) is 0 Å². The van der Waals surface area contributed by atoms with Gasteiger partial charge in [0.2, 0.25) is 0 Å². The van der Waals surface area contributed by atoms with Crippen LogP contribution in [0.25, 0.3) is 0 Å². The molecule has 0 spiro atoms. The molecule has 54 valence electrons. The third kappa shape index (κ3) is 2.66. The van der Waals surface area contributed by atoms with Crippen LogP contribution in [-0.2, 0) is 0 Å². The lowest BCUT2D eigenvalue weighted by molar-refractivity contribution is 1.65. The lowest BCUT2D eigenvalue weighted by Crippen LogP contribution is -1.68. The third-order valence-electron chi connectivity index (χ3n) is 1.17. The van der Waals surface area contributed by atoms with Crippen LogP contribution in [0.2, 0.25) is 0 Å². The second-order valence-electron chi connectivity index (χ2n) is 1.99. The van der Waals surface area contributed by atoms with E-state index in [2.05, 4.69) is 23.7 Å². The van der Waals surface area contributed by atoms with Crippen molar-refractivity contribution in [2.45, 2.75) is 0 Å². The van der Waals surface area contributed by atoms with Gasteiger partial charge < -0.3 is 6.42 Å². The van der Waals surface area contributed by atoms with Crippen molar-refractivity contribution < 1.29 is 0 Å². The predicted molar refractivity (Wildman–Crippen MR) is 48.2 cm³/mol. The number of rotatable bonds is 0. The molecule has 0 heterocycles. The highest BCUT2D eigenvalue weighted by Gasteiger charge is 1.78. The van der Waals surface area contributed by atoms with Crippen LogP contribution in [0.1, 0.15) is 5.56 Å². The quantitative estimate of drug-likeness (QED) is 0.388. The Morgan fingerprint density at radius 3 is 2.33 bits per heavy atom. The molecule has 12 heavy (non-hydrogen) atoms. The second kappa shape index (κ2) is 4.68. The second-order valence-corrected chi connectivity index (χ2v) is 1.99. The maximum atomic E-state index is 6.49. The van der Waals surface area contributed by atoms with E-state index >= 15 is 0 Å². The van der Waals surface area contributed by atoms with Gasteiger partial charge in [-0.25, -0.2) is 5.92 Å². The molecule has 0 aliphatic carbocycles. The van der Waals surface area contributed by atoms with E-state index in [4.69, 9.17) is 6.42 Å². The number of hydrogen-bond donors (Lipinski definition) is 0. The Morgan fingerprint density at radius 2 is 1.67 bits per heavy atom. The van der Waals surface area contributed by atoms with Gasteiger partial charge in [0.25, 0.3) is 0 Å². The van der Waals surface area contributed by atoms with Crippen LogP contribution in [0.5, 0.6) is 0 Å². The summed E-state index contributed by atoms with van der Waals surface area (Å²) in [7, 11) is 0. The van der Waals surface area contributed by atoms with Crippen molar-refractivity contribution in [3.05, 3.63) is 42.3 Å². The van der Waals surface area contributed by atoms with Gasteiger partial charge in [-0.1, -0.05) is 24.1 Å². The summed E-state index contributed by atoms with van der Waals surface area (Å²) in [6.07, 6.45) is 6.49. The molecule has 1 aromatic rings. The van der Waals surface area contributed by atoms with E-state index in [0.717, 1.165) is 5.56 Å². The van der Waals surface area contributed by atoms with Gasteiger partial charge in [-0.3, -0.25) is 5.92 Å². The summed E-state index contributed by atoms with van der Waals surface area (Å²) in [6.45, 7) is 0. The summed E-state index contributed by atoms with van der Waals surface area (Å²) in [5.74, 6) is 12.2. The summed E-state index contributed by atoms with van der Waals surface area (Å²) in [5, 5.41) is 0. The molecule has 1 rings (SSSR count). The van der Waals surface area contributed by atoms with E-state index < -0.39 is 0 Å². The minimum absolute atomic E-state index is 0.928. The Morgan fingerprint density at radius 1 is 0.917 bits per heavy atom. The Balaban J connectivity index is 2.76. The molecule has 1 aromatic carbocycles. The van der Waals surface area contributed by atoms with E-state index in [1.807, 2.05) is 36.3 Å². The van der Waals surface area contributed by atoms with Crippen LogP contribution < -0.4 is 0 Å². The van der Waals surface area contributed by atoms with Crippen molar-refractivity contribution >= 4 is 0 Å². The van der Waals surface area contributed by atoms with E-state index in [-0.39, 0.29) is 0 Å². The molecule has 0 N–H and O–H groups in total. The number of hydrogen-bond acceptors (Lipinski definition) is 0.